The summed E-state index contributed by atoms with van der Waals surface area (Å²) in [6, 6.07) is 14.3. The van der Waals surface area contributed by atoms with Gasteiger partial charge in [-0.2, -0.15) is 0 Å². The Morgan fingerprint density at radius 1 is 1.11 bits per heavy atom. The zero-order valence-electron chi connectivity index (χ0n) is 16.4. The fraction of sp³-hybridized carbons (Fsp3) is 0.304. The molecule has 1 aromatic heterocycles. The number of nitrogens with one attached hydrogen (secondary N) is 1. The summed E-state index contributed by atoms with van der Waals surface area (Å²) in [4.78, 5) is 16.5. The molecule has 0 fully saturated rings. The molecule has 1 heterocycles. The smallest absolute Gasteiger partial charge is 0.224 e. The van der Waals surface area contributed by atoms with Gasteiger partial charge < -0.3 is 9.73 Å². The third-order valence-corrected chi connectivity index (χ3v) is 4.64. The number of anilines is 1. The summed E-state index contributed by atoms with van der Waals surface area (Å²) in [7, 11) is 0. The molecule has 3 aromatic rings. The topological polar surface area (TPSA) is 55.1 Å². The van der Waals surface area contributed by atoms with Crippen molar-refractivity contribution in [3.63, 3.8) is 0 Å². The van der Waals surface area contributed by atoms with Gasteiger partial charge in [0, 0.05) is 24.1 Å². The Balaban J connectivity index is 1.58. The van der Waals surface area contributed by atoms with Crippen LogP contribution in [-0.2, 0) is 11.2 Å². The van der Waals surface area contributed by atoms with Crippen LogP contribution in [-0.4, -0.2) is 10.9 Å². The lowest BCUT2D eigenvalue weighted by atomic mass is 10.0. The molecular formula is C23H26N2O2. The van der Waals surface area contributed by atoms with Gasteiger partial charge in [0.1, 0.15) is 0 Å². The molecule has 0 aliphatic carbocycles. The second-order valence-electron chi connectivity index (χ2n) is 7.26. The van der Waals surface area contributed by atoms with Crippen molar-refractivity contribution in [2.45, 2.75) is 46.5 Å². The van der Waals surface area contributed by atoms with Crippen LogP contribution in [0.5, 0.6) is 0 Å². The van der Waals surface area contributed by atoms with Gasteiger partial charge in [-0.3, -0.25) is 4.79 Å². The van der Waals surface area contributed by atoms with E-state index < -0.39 is 0 Å². The van der Waals surface area contributed by atoms with Crippen molar-refractivity contribution in [1.82, 2.24) is 4.98 Å². The molecule has 4 heteroatoms. The number of hydrogen-bond donors (Lipinski definition) is 1. The number of amides is 1. The maximum atomic E-state index is 12.2. The highest BCUT2D eigenvalue weighted by Gasteiger charge is 2.10. The first-order chi connectivity index (χ1) is 12.9. The molecule has 0 unspecified atom stereocenters. The molecule has 0 saturated heterocycles. The lowest BCUT2D eigenvalue weighted by Gasteiger charge is -2.08. The molecule has 1 amide bonds. The van der Waals surface area contributed by atoms with E-state index >= 15 is 0 Å². The number of benzene rings is 2. The Morgan fingerprint density at radius 2 is 1.85 bits per heavy atom. The van der Waals surface area contributed by atoms with Gasteiger partial charge in [0.15, 0.2) is 11.7 Å². The number of hydrogen-bond acceptors (Lipinski definition) is 3. The Labute approximate surface area is 160 Å². The molecular weight excluding hydrogens is 336 g/mol. The average Bonchev–Trinajstić information content (AvgIpc) is 3.11. The first-order valence-corrected chi connectivity index (χ1v) is 9.34. The zero-order chi connectivity index (χ0) is 19.4. The summed E-state index contributed by atoms with van der Waals surface area (Å²) in [5, 5.41) is 2.95. The highest BCUT2D eigenvalue weighted by molar-refractivity contribution is 5.91. The number of aromatic nitrogens is 1. The number of oxazole rings is 1. The second kappa shape index (κ2) is 8.21. The van der Waals surface area contributed by atoms with E-state index in [9.17, 15) is 4.79 Å². The number of carbonyl (C=O) groups is 1. The summed E-state index contributed by atoms with van der Waals surface area (Å²) >= 11 is 0. The summed E-state index contributed by atoms with van der Waals surface area (Å²) in [6.45, 7) is 8.37. The zero-order valence-corrected chi connectivity index (χ0v) is 16.4. The van der Waals surface area contributed by atoms with E-state index in [-0.39, 0.29) is 5.91 Å². The van der Waals surface area contributed by atoms with Gasteiger partial charge in [-0.15, -0.1) is 0 Å². The van der Waals surface area contributed by atoms with Crippen LogP contribution in [0.4, 0.5) is 5.69 Å². The third-order valence-electron chi connectivity index (χ3n) is 4.64. The molecule has 27 heavy (non-hydrogen) atoms. The quantitative estimate of drug-likeness (QED) is 0.616. The minimum Gasteiger partial charge on any atom is -0.441 e. The number of nitrogens with zero attached hydrogens (tertiary/aromatic N) is 1. The minimum atomic E-state index is -0.0389. The summed E-state index contributed by atoms with van der Waals surface area (Å²) in [5.74, 6) is 1.77. The molecule has 2 aromatic carbocycles. The molecule has 4 nitrogen and oxygen atoms in total. The molecule has 0 spiro atoms. The molecule has 3 rings (SSSR count). The van der Waals surface area contributed by atoms with Crippen molar-refractivity contribution in [2.24, 2.45) is 0 Å². The Morgan fingerprint density at radius 3 is 2.52 bits per heavy atom. The molecule has 0 radical (unpaired) electrons. The number of rotatable bonds is 6. The van der Waals surface area contributed by atoms with E-state index in [0.717, 1.165) is 22.6 Å². The lowest BCUT2D eigenvalue weighted by Crippen LogP contribution is -2.13. The minimum absolute atomic E-state index is 0.0389. The maximum absolute atomic E-state index is 12.2. The van der Waals surface area contributed by atoms with E-state index in [1.54, 1.807) is 6.20 Å². The monoisotopic (exact) mass is 362 g/mol. The molecule has 0 bridgehead atoms. The Bertz CT molecular complexity index is 924. The first kappa shape index (κ1) is 18.9. The van der Waals surface area contributed by atoms with Crippen LogP contribution in [0.25, 0.3) is 11.3 Å². The molecule has 140 valence electrons. The van der Waals surface area contributed by atoms with Gasteiger partial charge in [0.2, 0.25) is 5.91 Å². The maximum Gasteiger partial charge on any atom is 0.224 e. The SMILES string of the molecule is Cc1ccc(NC(=O)CCc2ncc(-c3ccc(C(C)C)cc3)o2)c(C)c1. The Kier molecular flexibility index (Phi) is 5.75. The normalized spacial score (nSPS) is 11.0. The van der Waals surface area contributed by atoms with Crippen molar-refractivity contribution in [3.8, 4) is 11.3 Å². The lowest BCUT2D eigenvalue weighted by molar-refractivity contribution is -0.116. The molecule has 0 saturated carbocycles. The average molecular weight is 362 g/mol. The van der Waals surface area contributed by atoms with E-state index in [4.69, 9.17) is 4.42 Å². The molecule has 0 aliphatic heterocycles. The van der Waals surface area contributed by atoms with Crippen LogP contribution in [0.2, 0.25) is 0 Å². The van der Waals surface area contributed by atoms with Crippen molar-refractivity contribution in [3.05, 3.63) is 71.2 Å². The van der Waals surface area contributed by atoms with Crippen LogP contribution < -0.4 is 5.32 Å². The van der Waals surface area contributed by atoms with Crippen LogP contribution >= 0.6 is 0 Å². The van der Waals surface area contributed by atoms with Gasteiger partial charge in [0.25, 0.3) is 0 Å². The van der Waals surface area contributed by atoms with Gasteiger partial charge in [0.05, 0.1) is 6.20 Å². The van der Waals surface area contributed by atoms with Gasteiger partial charge in [-0.05, 0) is 37.0 Å². The predicted molar refractivity (Wildman–Crippen MR) is 109 cm³/mol. The standard InChI is InChI=1S/C23H26N2O2/c1-15(2)18-6-8-19(9-7-18)21-14-24-23(27-21)12-11-22(26)25-20-10-5-16(3)13-17(20)4/h5-10,13-15H,11-12H2,1-4H3,(H,25,26). The second-order valence-corrected chi connectivity index (χ2v) is 7.26. The van der Waals surface area contributed by atoms with Crippen LogP contribution in [0.15, 0.2) is 53.1 Å². The van der Waals surface area contributed by atoms with Crippen molar-refractivity contribution < 1.29 is 9.21 Å². The van der Waals surface area contributed by atoms with E-state index in [1.165, 1.54) is 11.1 Å². The summed E-state index contributed by atoms with van der Waals surface area (Å²) in [5.41, 5.74) is 5.38. The van der Waals surface area contributed by atoms with E-state index in [2.05, 4.69) is 42.3 Å². The highest BCUT2D eigenvalue weighted by atomic mass is 16.4. The van der Waals surface area contributed by atoms with Gasteiger partial charge in [-0.25, -0.2) is 4.98 Å². The third kappa shape index (κ3) is 4.85. The van der Waals surface area contributed by atoms with Crippen LogP contribution in [0.1, 0.15) is 48.8 Å². The highest BCUT2D eigenvalue weighted by Crippen LogP contribution is 2.24. The van der Waals surface area contributed by atoms with Crippen molar-refractivity contribution >= 4 is 11.6 Å². The van der Waals surface area contributed by atoms with Crippen LogP contribution in [0, 0.1) is 13.8 Å². The molecule has 0 aliphatic rings. The molecule has 1 N–H and O–H groups in total. The number of aryl methyl sites for hydroxylation is 3. The van der Waals surface area contributed by atoms with Crippen molar-refractivity contribution in [1.29, 1.82) is 0 Å². The van der Waals surface area contributed by atoms with Gasteiger partial charge >= 0.3 is 0 Å². The fourth-order valence-electron chi connectivity index (χ4n) is 2.98. The van der Waals surface area contributed by atoms with Crippen LogP contribution in [0.3, 0.4) is 0 Å². The predicted octanol–water partition coefficient (Wildman–Crippen LogP) is 5.65. The van der Waals surface area contributed by atoms with E-state index in [0.29, 0.717) is 24.7 Å². The van der Waals surface area contributed by atoms with Crippen molar-refractivity contribution in [2.75, 3.05) is 5.32 Å². The first-order valence-electron chi connectivity index (χ1n) is 9.34. The fourth-order valence-corrected chi connectivity index (χ4v) is 2.98. The molecule has 0 atom stereocenters. The Hall–Kier alpha value is -2.88. The number of carbonyl (C=O) groups excluding carboxylic acids is 1. The summed E-state index contributed by atoms with van der Waals surface area (Å²) < 4.78 is 5.82. The van der Waals surface area contributed by atoms with Gasteiger partial charge in [-0.1, -0.05) is 55.8 Å². The van der Waals surface area contributed by atoms with E-state index in [1.807, 2.05) is 38.1 Å². The summed E-state index contributed by atoms with van der Waals surface area (Å²) in [6.07, 6.45) is 2.53. The largest absolute Gasteiger partial charge is 0.441 e.